The second-order valence-corrected chi connectivity index (χ2v) is 5.05. The fraction of sp³-hybridized carbons (Fsp3) is 0.833. The van der Waals surface area contributed by atoms with Crippen molar-refractivity contribution in [1.29, 1.82) is 0 Å². The maximum absolute atomic E-state index is 4.37. The van der Waals surface area contributed by atoms with Gasteiger partial charge in [0, 0.05) is 25.2 Å². The lowest BCUT2D eigenvalue weighted by Crippen LogP contribution is -2.41. The largest absolute Gasteiger partial charge is 0.317 e. The molecule has 1 aromatic heterocycles. The average Bonchev–Trinajstić information content (AvgIpc) is 2.78. The third-order valence-corrected chi connectivity index (χ3v) is 3.50. The summed E-state index contributed by atoms with van der Waals surface area (Å²) in [5.41, 5.74) is 0. The smallest absolute Gasteiger partial charge is 0.141 e. The van der Waals surface area contributed by atoms with Crippen molar-refractivity contribution in [2.24, 2.45) is 0 Å². The summed E-state index contributed by atoms with van der Waals surface area (Å²) in [6.45, 7) is 7.51. The molecular weight excluding hydrogens is 214 g/mol. The van der Waals surface area contributed by atoms with E-state index in [1.54, 1.807) is 6.33 Å². The van der Waals surface area contributed by atoms with E-state index in [2.05, 4.69) is 41.2 Å². The summed E-state index contributed by atoms with van der Waals surface area (Å²) in [5.74, 6) is 1.09. The number of likely N-dealkylation sites (tertiary alicyclic amines) is 1. The number of hydrogen-bond donors (Lipinski definition) is 1. The second kappa shape index (κ2) is 5.60. The van der Waals surface area contributed by atoms with Crippen molar-refractivity contribution in [3.63, 3.8) is 0 Å². The maximum Gasteiger partial charge on any atom is 0.141 e. The summed E-state index contributed by atoms with van der Waals surface area (Å²) in [6.07, 6.45) is 4.12. The third-order valence-electron chi connectivity index (χ3n) is 3.50. The second-order valence-electron chi connectivity index (χ2n) is 5.05. The van der Waals surface area contributed by atoms with E-state index in [4.69, 9.17) is 0 Å². The number of piperidine rings is 1. The number of hydrogen-bond acceptors (Lipinski definition) is 4. The van der Waals surface area contributed by atoms with Gasteiger partial charge < -0.3 is 5.32 Å². The van der Waals surface area contributed by atoms with E-state index in [-0.39, 0.29) is 0 Å². The Morgan fingerprint density at radius 1 is 1.41 bits per heavy atom. The molecule has 1 aliphatic heterocycles. The predicted octanol–water partition coefficient (Wildman–Crippen LogP) is 1.04. The fourth-order valence-corrected chi connectivity index (χ4v) is 2.40. The van der Waals surface area contributed by atoms with E-state index in [9.17, 15) is 0 Å². The Bertz CT molecular complexity index is 338. The van der Waals surface area contributed by atoms with Crippen molar-refractivity contribution in [2.45, 2.75) is 45.3 Å². The van der Waals surface area contributed by atoms with Crippen LogP contribution >= 0.6 is 0 Å². The van der Waals surface area contributed by atoms with Crippen molar-refractivity contribution in [2.75, 3.05) is 20.1 Å². The van der Waals surface area contributed by atoms with Crippen molar-refractivity contribution < 1.29 is 0 Å². The minimum atomic E-state index is 0.391. The third kappa shape index (κ3) is 3.04. The van der Waals surface area contributed by atoms with Crippen LogP contribution in [0.4, 0.5) is 0 Å². The average molecular weight is 237 g/mol. The zero-order valence-corrected chi connectivity index (χ0v) is 11.1. The van der Waals surface area contributed by atoms with Crippen LogP contribution in [0.2, 0.25) is 0 Å². The molecule has 0 saturated carbocycles. The minimum Gasteiger partial charge on any atom is -0.317 e. The Labute approximate surface area is 103 Å². The van der Waals surface area contributed by atoms with Crippen LogP contribution in [0, 0.1) is 0 Å². The lowest BCUT2D eigenvalue weighted by Gasteiger charge is -2.31. The number of rotatable bonds is 4. The summed E-state index contributed by atoms with van der Waals surface area (Å²) in [4.78, 5) is 6.83. The normalized spacial score (nSPS) is 19.1. The molecule has 0 amide bonds. The Hall–Kier alpha value is -0.940. The molecule has 1 fully saturated rings. The van der Waals surface area contributed by atoms with Gasteiger partial charge in [0.1, 0.15) is 12.2 Å². The first-order chi connectivity index (χ1) is 8.20. The fourth-order valence-electron chi connectivity index (χ4n) is 2.40. The molecule has 2 heterocycles. The molecule has 0 radical (unpaired) electrons. The van der Waals surface area contributed by atoms with Crippen molar-refractivity contribution in [1.82, 2.24) is 25.0 Å². The molecular formula is C12H23N5. The molecule has 1 aliphatic rings. The lowest BCUT2D eigenvalue weighted by atomic mass is 10.1. The Morgan fingerprint density at radius 3 is 2.71 bits per heavy atom. The highest BCUT2D eigenvalue weighted by molar-refractivity contribution is 4.88. The highest BCUT2D eigenvalue weighted by Gasteiger charge is 2.19. The molecule has 0 spiro atoms. The number of nitrogens with zero attached hydrogens (tertiary/aromatic N) is 4. The highest BCUT2D eigenvalue weighted by Crippen LogP contribution is 2.14. The van der Waals surface area contributed by atoms with Gasteiger partial charge in [0.2, 0.25) is 0 Å². The van der Waals surface area contributed by atoms with E-state index in [0.29, 0.717) is 12.1 Å². The Morgan fingerprint density at radius 2 is 2.12 bits per heavy atom. The molecule has 96 valence electrons. The highest BCUT2D eigenvalue weighted by atomic mass is 15.4. The zero-order valence-electron chi connectivity index (χ0n) is 11.1. The standard InChI is InChI=1S/C12H23N5/c1-10(2)17-12(14-9-15-17)8-16-6-4-11(13-3)5-7-16/h9-11,13H,4-8H2,1-3H3. The maximum atomic E-state index is 4.37. The zero-order chi connectivity index (χ0) is 12.3. The van der Waals surface area contributed by atoms with E-state index in [0.717, 1.165) is 25.5 Å². The van der Waals surface area contributed by atoms with Crippen LogP contribution in [0.15, 0.2) is 6.33 Å². The van der Waals surface area contributed by atoms with Crippen molar-refractivity contribution in [3.05, 3.63) is 12.2 Å². The molecule has 17 heavy (non-hydrogen) atoms. The summed E-state index contributed by atoms with van der Waals surface area (Å²) < 4.78 is 2.02. The van der Waals surface area contributed by atoms with E-state index in [1.807, 2.05) is 4.68 Å². The predicted molar refractivity (Wildman–Crippen MR) is 67.8 cm³/mol. The van der Waals surface area contributed by atoms with Gasteiger partial charge in [-0.3, -0.25) is 4.90 Å². The summed E-state index contributed by atoms with van der Waals surface area (Å²) >= 11 is 0. The lowest BCUT2D eigenvalue weighted by molar-refractivity contribution is 0.186. The molecule has 0 bridgehead atoms. The van der Waals surface area contributed by atoms with Gasteiger partial charge >= 0.3 is 0 Å². The van der Waals surface area contributed by atoms with Crippen LogP contribution in [0.5, 0.6) is 0 Å². The molecule has 0 unspecified atom stereocenters. The minimum absolute atomic E-state index is 0.391. The summed E-state index contributed by atoms with van der Waals surface area (Å²) in [6, 6.07) is 1.08. The van der Waals surface area contributed by atoms with E-state index in [1.165, 1.54) is 12.8 Å². The van der Waals surface area contributed by atoms with Crippen LogP contribution in [0.1, 0.15) is 38.6 Å². The van der Waals surface area contributed by atoms with Gasteiger partial charge in [0.25, 0.3) is 0 Å². The monoisotopic (exact) mass is 237 g/mol. The van der Waals surface area contributed by atoms with Crippen molar-refractivity contribution >= 4 is 0 Å². The molecule has 1 N–H and O–H groups in total. The molecule has 0 atom stereocenters. The van der Waals surface area contributed by atoms with Gasteiger partial charge in [-0.15, -0.1) is 0 Å². The van der Waals surface area contributed by atoms with E-state index < -0.39 is 0 Å². The van der Waals surface area contributed by atoms with Gasteiger partial charge in [-0.2, -0.15) is 5.10 Å². The van der Waals surface area contributed by atoms with Crippen molar-refractivity contribution in [3.8, 4) is 0 Å². The molecule has 2 rings (SSSR count). The summed E-state index contributed by atoms with van der Waals surface area (Å²) in [5, 5.41) is 7.63. The molecule has 0 aliphatic carbocycles. The first-order valence-electron chi connectivity index (χ1n) is 6.48. The van der Waals surface area contributed by atoms with Crippen LogP contribution in [-0.2, 0) is 6.54 Å². The van der Waals surface area contributed by atoms with Crippen LogP contribution in [-0.4, -0.2) is 45.8 Å². The molecule has 0 aromatic carbocycles. The van der Waals surface area contributed by atoms with Crippen LogP contribution in [0.25, 0.3) is 0 Å². The Kier molecular flexibility index (Phi) is 4.12. The number of aromatic nitrogens is 3. The van der Waals surface area contributed by atoms with Crippen LogP contribution < -0.4 is 5.32 Å². The SMILES string of the molecule is CNC1CCN(Cc2ncnn2C(C)C)CC1. The quantitative estimate of drug-likeness (QED) is 0.850. The Balaban J connectivity index is 1.91. The molecule has 1 saturated heterocycles. The van der Waals surface area contributed by atoms with Gasteiger partial charge in [-0.25, -0.2) is 9.67 Å². The van der Waals surface area contributed by atoms with Crippen LogP contribution in [0.3, 0.4) is 0 Å². The molecule has 5 nitrogen and oxygen atoms in total. The molecule has 1 aromatic rings. The molecule has 5 heteroatoms. The van der Waals surface area contributed by atoms with Gasteiger partial charge in [-0.05, 0) is 33.7 Å². The van der Waals surface area contributed by atoms with Gasteiger partial charge in [0.05, 0.1) is 6.54 Å². The summed E-state index contributed by atoms with van der Waals surface area (Å²) in [7, 11) is 2.05. The van der Waals surface area contributed by atoms with Gasteiger partial charge in [0.15, 0.2) is 0 Å². The topological polar surface area (TPSA) is 46.0 Å². The first-order valence-corrected chi connectivity index (χ1v) is 6.48. The number of nitrogens with one attached hydrogen (secondary N) is 1. The first kappa shape index (κ1) is 12.5. The van der Waals surface area contributed by atoms with E-state index >= 15 is 0 Å². The van der Waals surface area contributed by atoms with Gasteiger partial charge in [-0.1, -0.05) is 0 Å².